The molecule has 1 spiro atoms. The lowest BCUT2D eigenvalue weighted by atomic mass is 9.78. The van der Waals surface area contributed by atoms with Gasteiger partial charge in [-0.3, -0.25) is 9.59 Å². The van der Waals surface area contributed by atoms with E-state index >= 15 is 0 Å². The van der Waals surface area contributed by atoms with E-state index in [0.29, 0.717) is 6.42 Å². The van der Waals surface area contributed by atoms with E-state index in [2.05, 4.69) is 5.32 Å². The van der Waals surface area contributed by atoms with Gasteiger partial charge in [-0.15, -0.1) is 0 Å². The fourth-order valence-electron chi connectivity index (χ4n) is 2.31. The van der Waals surface area contributed by atoms with Crippen molar-refractivity contribution in [3.8, 4) is 0 Å². The highest BCUT2D eigenvalue weighted by Crippen LogP contribution is 2.40. The lowest BCUT2D eigenvalue weighted by Gasteiger charge is -2.30. The number of Topliss-reactive ketones (excluding diaryl/α,β-unsaturated/α-hetero) is 1. The van der Waals surface area contributed by atoms with Crippen LogP contribution in [0.5, 0.6) is 0 Å². The summed E-state index contributed by atoms with van der Waals surface area (Å²) in [6, 6.07) is 0. The average molecular weight is 167 g/mol. The number of hydrogen-bond acceptors (Lipinski definition) is 2. The van der Waals surface area contributed by atoms with Gasteiger partial charge in [0.25, 0.3) is 0 Å². The third kappa shape index (κ3) is 0.886. The fourth-order valence-corrected chi connectivity index (χ4v) is 2.31. The van der Waals surface area contributed by atoms with Gasteiger partial charge in [-0.2, -0.15) is 0 Å². The number of carbonyl (C=O) groups excluding carboxylic acids is 2. The van der Waals surface area contributed by atoms with Crippen LogP contribution in [0.2, 0.25) is 0 Å². The summed E-state index contributed by atoms with van der Waals surface area (Å²) in [7, 11) is 0. The van der Waals surface area contributed by atoms with E-state index in [0.717, 1.165) is 32.2 Å². The van der Waals surface area contributed by atoms with Crippen LogP contribution >= 0.6 is 0 Å². The summed E-state index contributed by atoms with van der Waals surface area (Å²) in [5.74, 6) is 0.149. The largest absolute Gasteiger partial charge is 0.355 e. The van der Waals surface area contributed by atoms with Gasteiger partial charge in [0.1, 0.15) is 11.2 Å². The Kier molecular flexibility index (Phi) is 1.67. The van der Waals surface area contributed by atoms with E-state index in [-0.39, 0.29) is 11.7 Å². The van der Waals surface area contributed by atoms with Crippen molar-refractivity contribution in [3.63, 3.8) is 0 Å². The van der Waals surface area contributed by atoms with E-state index in [1.54, 1.807) is 0 Å². The number of nitrogens with one attached hydrogen (secondary N) is 1. The first kappa shape index (κ1) is 7.77. The maximum Gasteiger partial charge on any atom is 0.233 e. The summed E-state index contributed by atoms with van der Waals surface area (Å²) in [6.07, 6.45) is 4.01. The first-order valence-electron chi connectivity index (χ1n) is 4.57. The zero-order valence-electron chi connectivity index (χ0n) is 7.06. The average Bonchev–Trinajstić information content (AvgIpc) is 2.41. The zero-order chi connectivity index (χ0) is 8.60. The number of amides is 1. The van der Waals surface area contributed by atoms with Gasteiger partial charge >= 0.3 is 0 Å². The van der Waals surface area contributed by atoms with Crippen LogP contribution in [0, 0.1) is 5.41 Å². The van der Waals surface area contributed by atoms with Crippen LogP contribution in [-0.4, -0.2) is 18.2 Å². The summed E-state index contributed by atoms with van der Waals surface area (Å²) in [6.45, 7) is 0.744. The molecule has 1 amide bonds. The van der Waals surface area contributed by atoms with Crippen molar-refractivity contribution in [2.45, 2.75) is 32.1 Å². The Morgan fingerprint density at radius 2 is 1.92 bits per heavy atom. The second kappa shape index (κ2) is 2.57. The van der Waals surface area contributed by atoms with E-state index < -0.39 is 5.41 Å². The van der Waals surface area contributed by atoms with Gasteiger partial charge in [-0.1, -0.05) is 0 Å². The molecule has 2 aliphatic rings. The molecule has 3 heteroatoms. The van der Waals surface area contributed by atoms with Crippen LogP contribution in [0.4, 0.5) is 0 Å². The molecule has 1 heterocycles. The second-order valence-corrected chi connectivity index (χ2v) is 3.72. The zero-order valence-corrected chi connectivity index (χ0v) is 7.06. The van der Waals surface area contributed by atoms with Crippen LogP contribution in [-0.2, 0) is 9.59 Å². The molecule has 0 aromatic carbocycles. The molecule has 1 atom stereocenters. The van der Waals surface area contributed by atoms with Crippen molar-refractivity contribution in [2.75, 3.05) is 6.54 Å². The maximum absolute atomic E-state index is 11.5. The van der Waals surface area contributed by atoms with Crippen molar-refractivity contribution >= 4 is 11.7 Å². The van der Waals surface area contributed by atoms with Crippen molar-refractivity contribution in [1.82, 2.24) is 5.32 Å². The molecule has 66 valence electrons. The molecule has 12 heavy (non-hydrogen) atoms. The fraction of sp³-hybridized carbons (Fsp3) is 0.778. The minimum atomic E-state index is -0.599. The van der Waals surface area contributed by atoms with Gasteiger partial charge < -0.3 is 5.32 Å². The quantitative estimate of drug-likeness (QED) is 0.538. The van der Waals surface area contributed by atoms with Crippen LogP contribution in [0.1, 0.15) is 32.1 Å². The van der Waals surface area contributed by atoms with Gasteiger partial charge in [0.2, 0.25) is 5.91 Å². The number of hydrogen-bond donors (Lipinski definition) is 1. The Bertz CT molecular complexity index is 237. The summed E-state index contributed by atoms with van der Waals surface area (Å²) in [5, 5.41) is 2.79. The van der Waals surface area contributed by atoms with Gasteiger partial charge in [-0.05, 0) is 25.7 Å². The maximum atomic E-state index is 11.5. The van der Waals surface area contributed by atoms with Crippen LogP contribution in [0.3, 0.4) is 0 Å². The van der Waals surface area contributed by atoms with Crippen LogP contribution in [0.25, 0.3) is 0 Å². The molecule has 1 aliphatic heterocycles. The third-order valence-electron chi connectivity index (χ3n) is 3.04. The molecule has 0 bridgehead atoms. The normalized spacial score (nSPS) is 35.7. The highest BCUT2D eigenvalue weighted by atomic mass is 16.2. The molecule has 2 fully saturated rings. The summed E-state index contributed by atoms with van der Waals surface area (Å²) >= 11 is 0. The smallest absolute Gasteiger partial charge is 0.233 e. The molecule has 0 radical (unpaired) electrons. The molecule has 0 aromatic rings. The molecule has 0 aromatic heterocycles. The van der Waals surface area contributed by atoms with Gasteiger partial charge in [-0.25, -0.2) is 0 Å². The van der Waals surface area contributed by atoms with Crippen molar-refractivity contribution in [2.24, 2.45) is 5.41 Å². The lowest BCUT2D eigenvalue weighted by Crippen LogP contribution is -2.48. The van der Waals surface area contributed by atoms with Gasteiger partial charge in [0.05, 0.1) is 0 Å². The predicted octanol–water partition coefficient (Wildman–Crippen LogP) is 0.636. The minimum Gasteiger partial charge on any atom is -0.355 e. The summed E-state index contributed by atoms with van der Waals surface area (Å²) in [4.78, 5) is 23.0. The first-order chi connectivity index (χ1) is 5.76. The molecule has 1 saturated carbocycles. The molecule has 2 rings (SSSR count). The Labute approximate surface area is 71.5 Å². The molecule has 1 saturated heterocycles. The monoisotopic (exact) mass is 167 g/mol. The minimum absolute atomic E-state index is 0.0174. The number of ketones is 1. The van der Waals surface area contributed by atoms with Gasteiger partial charge in [0, 0.05) is 13.0 Å². The van der Waals surface area contributed by atoms with E-state index in [1.807, 2.05) is 0 Å². The standard InChI is InChI=1S/C9H13NO2/c11-7-3-1-4-9(7)5-2-6-10-8(9)12/h1-6H2,(H,10,12)/t9-/m0/s1. The Balaban J connectivity index is 2.27. The Morgan fingerprint density at radius 1 is 1.17 bits per heavy atom. The number of rotatable bonds is 0. The van der Waals surface area contributed by atoms with Crippen molar-refractivity contribution in [1.29, 1.82) is 0 Å². The highest BCUT2D eigenvalue weighted by molar-refractivity contribution is 6.07. The first-order valence-corrected chi connectivity index (χ1v) is 4.57. The molecular weight excluding hydrogens is 154 g/mol. The third-order valence-corrected chi connectivity index (χ3v) is 3.04. The molecular formula is C9H13NO2. The Hall–Kier alpha value is -0.860. The number of piperidine rings is 1. The lowest BCUT2D eigenvalue weighted by molar-refractivity contribution is -0.142. The predicted molar refractivity (Wildman–Crippen MR) is 43.5 cm³/mol. The van der Waals surface area contributed by atoms with Gasteiger partial charge in [0.15, 0.2) is 0 Å². The van der Waals surface area contributed by atoms with Crippen LogP contribution in [0.15, 0.2) is 0 Å². The summed E-state index contributed by atoms with van der Waals surface area (Å²) < 4.78 is 0. The Morgan fingerprint density at radius 3 is 2.50 bits per heavy atom. The molecule has 3 nitrogen and oxygen atoms in total. The molecule has 1 aliphatic carbocycles. The number of carbonyl (C=O) groups is 2. The topological polar surface area (TPSA) is 46.2 Å². The van der Waals surface area contributed by atoms with E-state index in [9.17, 15) is 9.59 Å². The highest BCUT2D eigenvalue weighted by Gasteiger charge is 2.49. The van der Waals surface area contributed by atoms with E-state index in [1.165, 1.54) is 0 Å². The molecule has 0 unspecified atom stereocenters. The second-order valence-electron chi connectivity index (χ2n) is 3.72. The van der Waals surface area contributed by atoms with E-state index in [4.69, 9.17) is 0 Å². The van der Waals surface area contributed by atoms with Crippen molar-refractivity contribution < 1.29 is 9.59 Å². The van der Waals surface area contributed by atoms with Crippen molar-refractivity contribution in [3.05, 3.63) is 0 Å². The SMILES string of the molecule is O=C1CCC[C@]12CCCNC2=O. The van der Waals surface area contributed by atoms with Crippen LogP contribution < -0.4 is 5.32 Å². The summed E-state index contributed by atoms with van der Waals surface area (Å²) in [5.41, 5.74) is -0.599. The molecule has 1 N–H and O–H groups in total.